The van der Waals surface area contributed by atoms with Crippen LogP contribution in [0.5, 0.6) is 5.75 Å². The van der Waals surface area contributed by atoms with Gasteiger partial charge < -0.3 is 16.2 Å². The fraction of sp³-hybridized carbons (Fsp3) is 0.0714. The van der Waals surface area contributed by atoms with Crippen LogP contribution < -0.4 is 11.1 Å². The summed E-state index contributed by atoms with van der Waals surface area (Å²) in [7, 11) is 0. The first-order valence-electron chi connectivity index (χ1n) is 5.69. The Morgan fingerprint density at radius 2 is 2.00 bits per heavy atom. The molecular formula is C14H13ClN2O2. The lowest BCUT2D eigenvalue weighted by Gasteiger charge is -2.10. The number of carbonyl (C=O) groups excluding carboxylic acids is 1. The maximum absolute atomic E-state index is 12.1. The van der Waals surface area contributed by atoms with E-state index in [-0.39, 0.29) is 11.3 Å². The predicted octanol–water partition coefficient (Wildman–Crippen LogP) is 2.76. The number of anilines is 1. The highest BCUT2D eigenvalue weighted by Gasteiger charge is 2.13. The number of phenolic OH excluding ortho intramolecular Hbond substituents is 1. The monoisotopic (exact) mass is 276 g/mol. The van der Waals surface area contributed by atoms with Crippen LogP contribution in [0.15, 0.2) is 42.5 Å². The van der Waals surface area contributed by atoms with Crippen LogP contribution >= 0.6 is 11.6 Å². The summed E-state index contributed by atoms with van der Waals surface area (Å²) >= 11 is 5.81. The molecule has 2 rings (SSSR count). The van der Waals surface area contributed by atoms with Crippen molar-refractivity contribution in [2.24, 2.45) is 5.73 Å². The highest BCUT2D eigenvalue weighted by Crippen LogP contribution is 2.23. The standard InChI is InChI=1S/C14H13ClN2O2/c15-10-5-6-13(18)11(7-10)14(19)17-12-4-2-1-3-9(12)8-16/h1-7,18H,8,16H2,(H,17,19). The van der Waals surface area contributed by atoms with Crippen molar-refractivity contribution in [3.05, 3.63) is 58.6 Å². The van der Waals surface area contributed by atoms with Gasteiger partial charge in [-0.15, -0.1) is 0 Å². The molecule has 2 aromatic carbocycles. The van der Waals surface area contributed by atoms with Gasteiger partial charge in [0.2, 0.25) is 0 Å². The van der Waals surface area contributed by atoms with Crippen LogP contribution in [0.4, 0.5) is 5.69 Å². The van der Waals surface area contributed by atoms with E-state index < -0.39 is 5.91 Å². The molecule has 0 saturated carbocycles. The molecule has 4 N–H and O–H groups in total. The number of para-hydroxylation sites is 1. The molecule has 0 bridgehead atoms. The summed E-state index contributed by atoms with van der Waals surface area (Å²) in [6, 6.07) is 11.5. The van der Waals surface area contributed by atoms with Gasteiger partial charge in [-0.25, -0.2) is 0 Å². The Morgan fingerprint density at radius 1 is 1.26 bits per heavy atom. The third-order valence-electron chi connectivity index (χ3n) is 2.69. The van der Waals surface area contributed by atoms with Gasteiger partial charge in [0.1, 0.15) is 5.75 Å². The molecule has 0 unspecified atom stereocenters. The summed E-state index contributed by atoms with van der Waals surface area (Å²) in [4.78, 5) is 12.1. The summed E-state index contributed by atoms with van der Waals surface area (Å²) in [5.74, 6) is -0.548. The number of rotatable bonds is 3. The van der Waals surface area contributed by atoms with Crippen LogP contribution in [0, 0.1) is 0 Å². The molecule has 0 aliphatic heterocycles. The lowest BCUT2D eigenvalue weighted by Crippen LogP contribution is -2.14. The Balaban J connectivity index is 2.28. The number of halogens is 1. The zero-order valence-corrected chi connectivity index (χ0v) is 10.8. The lowest BCUT2D eigenvalue weighted by atomic mass is 10.1. The molecule has 0 fully saturated rings. The number of aromatic hydroxyl groups is 1. The van der Waals surface area contributed by atoms with Crippen molar-refractivity contribution in [2.75, 3.05) is 5.32 Å². The average Bonchev–Trinajstić information content (AvgIpc) is 2.42. The fourth-order valence-electron chi connectivity index (χ4n) is 1.70. The van der Waals surface area contributed by atoms with E-state index in [4.69, 9.17) is 17.3 Å². The molecule has 0 aliphatic rings. The Morgan fingerprint density at radius 3 is 2.74 bits per heavy atom. The number of nitrogens with one attached hydrogen (secondary N) is 1. The van der Waals surface area contributed by atoms with Crippen LogP contribution in [0.25, 0.3) is 0 Å². The predicted molar refractivity (Wildman–Crippen MR) is 75.4 cm³/mol. The van der Waals surface area contributed by atoms with E-state index in [0.717, 1.165) is 5.56 Å². The van der Waals surface area contributed by atoms with Gasteiger partial charge in [-0.3, -0.25) is 4.79 Å². The first-order valence-corrected chi connectivity index (χ1v) is 6.07. The molecule has 0 spiro atoms. The third kappa shape index (κ3) is 3.05. The normalized spacial score (nSPS) is 10.2. The molecule has 0 aromatic heterocycles. The van der Waals surface area contributed by atoms with Gasteiger partial charge in [-0.1, -0.05) is 29.8 Å². The summed E-state index contributed by atoms with van der Waals surface area (Å²) in [5, 5.41) is 12.8. The van der Waals surface area contributed by atoms with E-state index >= 15 is 0 Å². The first-order chi connectivity index (χ1) is 9.11. The Labute approximate surface area is 115 Å². The van der Waals surface area contributed by atoms with Crippen LogP contribution in [-0.4, -0.2) is 11.0 Å². The van der Waals surface area contributed by atoms with E-state index in [9.17, 15) is 9.90 Å². The number of hydrogen-bond donors (Lipinski definition) is 3. The maximum Gasteiger partial charge on any atom is 0.259 e. The highest BCUT2D eigenvalue weighted by molar-refractivity contribution is 6.31. The molecule has 0 radical (unpaired) electrons. The fourth-order valence-corrected chi connectivity index (χ4v) is 1.87. The van der Waals surface area contributed by atoms with Crippen molar-refractivity contribution < 1.29 is 9.90 Å². The molecule has 4 nitrogen and oxygen atoms in total. The van der Waals surface area contributed by atoms with Gasteiger partial charge in [-0.2, -0.15) is 0 Å². The second-order valence-corrected chi connectivity index (χ2v) is 4.41. The zero-order valence-electron chi connectivity index (χ0n) is 10.1. The van der Waals surface area contributed by atoms with Crippen molar-refractivity contribution in [2.45, 2.75) is 6.54 Å². The number of carbonyl (C=O) groups is 1. The van der Waals surface area contributed by atoms with E-state index in [2.05, 4.69) is 5.32 Å². The summed E-state index contributed by atoms with van der Waals surface area (Å²) < 4.78 is 0. The lowest BCUT2D eigenvalue weighted by molar-refractivity contribution is 0.102. The molecule has 98 valence electrons. The van der Waals surface area contributed by atoms with Crippen molar-refractivity contribution >= 4 is 23.2 Å². The Hall–Kier alpha value is -2.04. The quantitative estimate of drug-likeness (QED) is 0.807. The van der Waals surface area contributed by atoms with Crippen molar-refractivity contribution in [1.82, 2.24) is 0 Å². The molecule has 19 heavy (non-hydrogen) atoms. The van der Waals surface area contributed by atoms with E-state index in [1.54, 1.807) is 12.1 Å². The van der Waals surface area contributed by atoms with Crippen LogP contribution in [0.1, 0.15) is 15.9 Å². The van der Waals surface area contributed by atoms with E-state index in [1.165, 1.54) is 18.2 Å². The molecule has 0 atom stereocenters. The molecule has 0 aliphatic carbocycles. The maximum atomic E-state index is 12.1. The van der Waals surface area contributed by atoms with Crippen molar-refractivity contribution in [3.63, 3.8) is 0 Å². The molecular weight excluding hydrogens is 264 g/mol. The van der Waals surface area contributed by atoms with Crippen molar-refractivity contribution in [1.29, 1.82) is 0 Å². The summed E-state index contributed by atoms with van der Waals surface area (Å²) in [6.07, 6.45) is 0. The second-order valence-electron chi connectivity index (χ2n) is 3.98. The Kier molecular flexibility index (Phi) is 4.04. The number of benzene rings is 2. The third-order valence-corrected chi connectivity index (χ3v) is 2.92. The van der Waals surface area contributed by atoms with Gasteiger partial charge in [0, 0.05) is 17.3 Å². The number of hydrogen-bond acceptors (Lipinski definition) is 3. The van der Waals surface area contributed by atoms with Gasteiger partial charge in [0.05, 0.1) is 5.56 Å². The number of amides is 1. The SMILES string of the molecule is NCc1ccccc1NC(=O)c1cc(Cl)ccc1O. The Bertz CT molecular complexity index is 614. The zero-order chi connectivity index (χ0) is 13.8. The highest BCUT2D eigenvalue weighted by atomic mass is 35.5. The minimum absolute atomic E-state index is 0.118. The van der Waals surface area contributed by atoms with Gasteiger partial charge in [-0.05, 0) is 29.8 Å². The minimum atomic E-state index is -0.430. The molecule has 2 aromatic rings. The molecule has 0 heterocycles. The smallest absolute Gasteiger partial charge is 0.259 e. The number of phenols is 1. The van der Waals surface area contributed by atoms with Crippen LogP contribution in [-0.2, 0) is 6.54 Å². The van der Waals surface area contributed by atoms with Crippen LogP contribution in [0.3, 0.4) is 0 Å². The second kappa shape index (κ2) is 5.73. The van der Waals surface area contributed by atoms with Gasteiger partial charge in [0.15, 0.2) is 0 Å². The van der Waals surface area contributed by atoms with Crippen molar-refractivity contribution in [3.8, 4) is 5.75 Å². The van der Waals surface area contributed by atoms with E-state index in [0.29, 0.717) is 17.3 Å². The van der Waals surface area contributed by atoms with E-state index in [1.807, 2.05) is 12.1 Å². The average molecular weight is 277 g/mol. The first kappa shape index (κ1) is 13.4. The topological polar surface area (TPSA) is 75.3 Å². The summed E-state index contributed by atoms with van der Waals surface area (Å²) in [6.45, 7) is 0.317. The summed E-state index contributed by atoms with van der Waals surface area (Å²) in [5.41, 5.74) is 7.16. The molecule has 5 heteroatoms. The minimum Gasteiger partial charge on any atom is -0.507 e. The van der Waals surface area contributed by atoms with Gasteiger partial charge >= 0.3 is 0 Å². The number of nitrogens with two attached hydrogens (primary N) is 1. The van der Waals surface area contributed by atoms with Gasteiger partial charge in [0.25, 0.3) is 5.91 Å². The molecule has 1 amide bonds. The van der Waals surface area contributed by atoms with Crippen LogP contribution in [0.2, 0.25) is 5.02 Å². The molecule has 0 saturated heterocycles. The largest absolute Gasteiger partial charge is 0.507 e.